The standard InChI is InChI=1S/C48H52N12O4/c1-6-60-40(22-36(57-60)30-16-17-30)54-44-42-34-20-25(2)33(41-27(4)58-64-28(41)5)21-37(34)53-43(42)55-45(56-44)47(62)49-19-9-12-31-23-50-39(52-31)14-8-11-29-10-7-13-32-35(29)24-59(48(32)63)38-18-15-26(3)51-46(38)61/h7,10,13,20-23,30,38H,3,6,8-9,11-12,14-19,24H2,1-2,4-5H3,(H,49,62)(H,50,52)(H,51,61)(H2,53,54,55,56). The molecule has 2 fully saturated rings. The molecule has 16 heteroatoms. The Morgan fingerprint density at radius 1 is 1.00 bits per heavy atom. The summed E-state index contributed by atoms with van der Waals surface area (Å²) in [6.45, 7) is 13.4. The number of aryl methyl sites for hydroxylation is 7. The van der Waals surface area contributed by atoms with Gasteiger partial charge in [-0.1, -0.05) is 23.9 Å². The molecule has 10 rings (SSSR count). The minimum atomic E-state index is -0.478. The number of nitrogens with zero attached hydrogens (tertiary/aromatic N) is 7. The third-order valence-corrected chi connectivity index (χ3v) is 12.9. The minimum Gasteiger partial charge on any atom is -0.361 e. The number of aromatic nitrogens is 8. The van der Waals surface area contributed by atoms with Crippen molar-refractivity contribution in [2.75, 3.05) is 11.9 Å². The zero-order chi connectivity index (χ0) is 44.2. The summed E-state index contributed by atoms with van der Waals surface area (Å²) in [5, 5.41) is 20.2. The van der Waals surface area contributed by atoms with E-state index < -0.39 is 6.04 Å². The topological polar surface area (TPSA) is 205 Å². The number of rotatable bonds is 15. The Hall–Kier alpha value is -7.10. The van der Waals surface area contributed by atoms with E-state index in [1.54, 1.807) is 4.90 Å². The lowest BCUT2D eigenvalue weighted by Gasteiger charge is -2.31. The molecule has 1 unspecified atom stereocenters. The lowest BCUT2D eigenvalue weighted by Crippen LogP contribution is -2.49. The maximum absolute atomic E-state index is 13.8. The van der Waals surface area contributed by atoms with Crippen LogP contribution in [0.25, 0.3) is 33.1 Å². The molecule has 0 bridgehead atoms. The van der Waals surface area contributed by atoms with Crippen LogP contribution in [0.1, 0.15) is 118 Å². The van der Waals surface area contributed by atoms with Crippen LogP contribution < -0.4 is 16.0 Å². The lowest BCUT2D eigenvalue weighted by atomic mass is 9.97. The number of carbonyl (C=O) groups is 3. The van der Waals surface area contributed by atoms with Crippen molar-refractivity contribution in [2.45, 2.75) is 111 Å². The highest BCUT2D eigenvalue weighted by Crippen LogP contribution is 2.42. The third kappa shape index (κ3) is 7.70. The summed E-state index contributed by atoms with van der Waals surface area (Å²) in [5.74, 6) is 2.92. The summed E-state index contributed by atoms with van der Waals surface area (Å²) in [6.07, 6.45) is 9.16. The number of piperidine rings is 1. The SMILES string of the molecule is C=C1CCC(N2Cc3c(CCCc4ncc(CCCNC(=O)c5nc(Nc6cc(C7CC7)nn6CC)c6c(n5)[nH]c5cc(-c7c(C)noc7C)c(C)cc56)[nH]4)cccc3C2=O)C(=O)N1. The normalized spacial score (nSPS) is 16.3. The predicted molar refractivity (Wildman–Crippen MR) is 242 cm³/mol. The van der Waals surface area contributed by atoms with Gasteiger partial charge in [-0.15, -0.1) is 0 Å². The fraction of sp³-hybridized carbons (Fsp3) is 0.375. The van der Waals surface area contributed by atoms with Crippen LogP contribution in [0.5, 0.6) is 0 Å². The molecule has 7 aromatic rings. The van der Waals surface area contributed by atoms with Gasteiger partial charge in [-0.2, -0.15) is 5.10 Å². The Morgan fingerprint density at radius 2 is 1.86 bits per heavy atom. The van der Waals surface area contributed by atoms with Crippen molar-refractivity contribution in [1.29, 1.82) is 0 Å². The smallest absolute Gasteiger partial charge is 0.289 e. The van der Waals surface area contributed by atoms with E-state index in [0.717, 1.165) is 111 Å². The molecule has 64 heavy (non-hydrogen) atoms. The number of anilines is 2. The number of allylic oxidation sites excluding steroid dienone is 1. The van der Waals surface area contributed by atoms with Crippen LogP contribution in [-0.2, 0) is 37.1 Å². The van der Waals surface area contributed by atoms with Crippen LogP contribution in [0.2, 0.25) is 0 Å². The van der Waals surface area contributed by atoms with Crippen molar-refractivity contribution in [3.63, 3.8) is 0 Å². The van der Waals surface area contributed by atoms with Gasteiger partial charge < -0.3 is 35.3 Å². The monoisotopic (exact) mass is 860 g/mol. The number of hydrogen-bond acceptors (Lipinski definition) is 10. The molecule has 16 nitrogen and oxygen atoms in total. The molecule has 328 valence electrons. The number of nitrogens with one attached hydrogen (secondary N) is 5. The predicted octanol–water partition coefficient (Wildman–Crippen LogP) is 7.54. The first kappa shape index (κ1) is 40.9. The Kier molecular flexibility index (Phi) is 10.6. The van der Waals surface area contributed by atoms with E-state index in [2.05, 4.69) is 80.8 Å². The molecular weight excluding hydrogens is 809 g/mol. The Bertz CT molecular complexity index is 2980. The second-order valence-corrected chi connectivity index (χ2v) is 17.4. The number of amides is 3. The van der Waals surface area contributed by atoms with Crippen molar-refractivity contribution >= 4 is 51.3 Å². The molecular formula is C48H52N12O4. The molecule has 1 atom stereocenters. The third-order valence-electron chi connectivity index (χ3n) is 12.9. The molecule has 7 heterocycles. The first-order valence-corrected chi connectivity index (χ1v) is 22.4. The van der Waals surface area contributed by atoms with Crippen LogP contribution in [0.3, 0.4) is 0 Å². The molecule has 1 aliphatic carbocycles. The van der Waals surface area contributed by atoms with E-state index in [1.165, 1.54) is 0 Å². The van der Waals surface area contributed by atoms with E-state index in [1.807, 2.05) is 36.9 Å². The Balaban J connectivity index is 0.797. The van der Waals surface area contributed by atoms with E-state index in [-0.39, 0.29) is 23.5 Å². The number of imidazole rings is 1. The van der Waals surface area contributed by atoms with Gasteiger partial charge in [-0.3, -0.25) is 14.4 Å². The molecule has 3 aliphatic rings. The summed E-state index contributed by atoms with van der Waals surface area (Å²) >= 11 is 0. The van der Waals surface area contributed by atoms with Gasteiger partial charge in [0.2, 0.25) is 11.7 Å². The molecule has 5 aromatic heterocycles. The van der Waals surface area contributed by atoms with Crippen molar-refractivity contribution in [3.05, 3.63) is 112 Å². The summed E-state index contributed by atoms with van der Waals surface area (Å²) in [5.41, 5.74) is 10.8. The first-order valence-electron chi connectivity index (χ1n) is 22.4. The molecule has 0 spiro atoms. The van der Waals surface area contributed by atoms with Gasteiger partial charge in [0, 0.05) is 77.7 Å². The molecule has 1 saturated carbocycles. The van der Waals surface area contributed by atoms with Crippen LogP contribution in [0, 0.1) is 20.8 Å². The van der Waals surface area contributed by atoms with Crippen LogP contribution >= 0.6 is 0 Å². The molecule has 2 aliphatic heterocycles. The van der Waals surface area contributed by atoms with E-state index in [4.69, 9.17) is 19.6 Å². The van der Waals surface area contributed by atoms with Crippen LogP contribution in [0.4, 0.5) is 11.6 Å². The van der Waals surface area contributed by atoms with Gasteiger partial charge in [0.1, 0.15) is 34.9 Å². The summed E-state index contributed by atoms with van der Waals surface area (Å²) in [4.78, 5) is 62.7. The molecule has 2 aromatic carbocycles. The highest BCUT2D eigenvalue weighted by molar-refractivity contribution is 6.13. The molecule has 0 radical (unpaired) electrons. The zero-order valence-corrected chi connectivity index (χ0v) is 36.7. The minimum absolute atomic E-state index is 0.0601. The zero-order valence-electron chi connectivity index (χ0n) is 36.7. The summed E-state index contributed by atoms with van der Waals surface area (Å²) in [7, 11) is 0. The van der Waals surface area contributed by atoms with Crippen molar-refractivity contribution < 1.29 is 18.9 Å². The maximum atomic E-state index is 13.8. The van der Waals surface area contributed by atoms with Gasteiger partial charge in [0.15, 0.2) is 0 Å². The van der Waals surface area contributed by atoms with Crippen molar-refractivity contribution in [1.82, 2.24) is 55.4 Å². The Morgan fingerprint density at radius 3 is 2.64 bits per heavy atom. The van der Waals surface area contributed by atoms with Gasteiger partial charge in [0.25, 0.3) is 11.8 Å². The van der Waals surface area contributed by atoms with E-state index >= 15 is 0 Å². The molecule has 5 N–H and O–H groups in total. The summed E-state index contributed by atoms with van der Waals surface area (Å²) in [6, 6.07) is 11.7. The fourth-order valence-corrected chi connectivity index (χ4v) is 9.39. The summed E-state index contributed by atoms with van der Waals surface area (Å²) < 4.78 is 7.45. The second kappa shape index (κ2) is 16.5. The Labute approximate surface area is 369 Å². The highest BCUT2D eigenvalue weighted by atomic mass is 16.5. The van der Waals surface area contributed by atoms with Crippen LogP contribution in [0.15, 0.2) is 59.4 Å². The quantitative estimate of drug-likeness (QED) is 0.0641. The van der Waals surface area contributed by atoms with Crippen LogP contribution in [-0.4, -0.2) is 75.1 Å². The van der Waals surface area contributed by atoms with Gasteiger partial charge in [-0.05, 0) is 120 Å². The highest BCUT2D eigenvalue weighted by Gasteiger charge is 2.39. The second-order valence-electron chi connectivity index (χ2n) is 17.4. The average Bonchev–Trinajstić information content (AvgIpc) is 3.53. The number of fused-ring (bicyclic) bond motifs is 4. The van der Waals surface area contributed by atoms with E-state index in [0.29, 0.717) is 74.0 Å². The van der Waals surface area contributed by atoms with Crippen molar-refractivity contribution in [2.24, 2.45) is 0 Å². The first-order chi connectivity index (χ1) is 31.0. The molecule has 1 saturated heterocycles. The maximum Gasteiger partial charge on any atom is 0.289 e. The van der Waals surface area contributed by atoms with Gasteiger partial charge in [0.05, 0.1) is 16.8 Å². The van der Waals surface area contributed by atoms with Gasteiger partial charge in [-0.25, -0.2) is 19.6 Å². The van der Waals surface area contributed by atoms with Gasteiger partial charge >= 0.3 is 0 Å². The average molecular weight is 861 g/mol. The molecule has 3 amide bonds. The lowest BCUT2D eigenvalue weighted by molar-refractivity contribution is -0.126. The van der Waals surface area contributed by atoms with Crippen molar-refractivity contribution in [3.8, 4) is 11.1 Å². The fourth-order valence-electron chi connectivity index (χ4n) is 9.39. The number of H-pyrrole nitrogens is 2. The van der Waals surface area contributed by atoms with E-state index in [9.17, 15) is 14.4 Å². The largest absolute Gasteiger partial charge is 0.361 e. The number of hydrogen-bond donors (Lipinski definition) is 5. The number of aromatic amines is 2. The number of carbonyl (C=O) groups excluding carboxylic acids is 3. The number of benzene rings is 2.